The summed E-state index contributed by atoms with van der Waals surface area (Å²) in [6, 6.07) is 8.80. The summed E-state index contributed by atoms with van der Waals surface area (Å²) >= 11 is 1.68. The van der Waals surface area contributed by atoms with Crippen LogP contribution in [0, 0.1) is 6.92 Å². The third kappa shape index (κ3) is 3.23. The van der Waals surface area contributed by atoms with Gasteiger partial charge in [-0.25, -0.2) is 15.8 Å². The molecule has 3 N–H and O–H groups in total. The van der Waals surface area contributed by atoms with Crippen LogP contribution in [0.15, 0.2) is 30.6 Å². The lowest BCUT2D eigenvalue weighted by molar-refractivity contribution is 0.0342. The van der Waals surface area contributed by atoms with Gasteiger partial charge in [0.2, 0.25) is 0 Å². The fraction of sp³-hybridized carbons (Fsp3) is 0.333. The molecule has 0 radical (unpaired) electrons. The molecule has 1 aliphatic heterocycles. The maximum atomic E-state index is 5.58. The molecule has 130 valence electrons. The molecule has 1 saturated heterocycles. The monoisotopic (exact) mass is 355 g/mol. The number of nitrogens with two attached hydrogens (primary N) is 1. The molecule has 25 heavy (non-hydrogen) atoms. The third-order valence-electron chi connectivity index (χ3n) is 4.57. The van der Waals surface area contributed by atoms with Crippen molar-refractivity contribution in [1.82, 2.24) is 14.9 Å². The van der Waals surface area contributed by atoms with E-state index in [0.717, 1.165) is 43.1 Å². The average Bonchev–Trinajstić information content (AvgIpc) is 3.00. The number of aromatic nitrogens is 2. The number of rotatable bonds is 4. The number of ether oxygens (including phenoxy) is 1. The molecule has 3 aromatic rings. The van der Waals surface area contributed by atoms with Crippen LogP contribution in [-0.2, 0) is 11.3 Å². The lowest BCUT2D eigenvalue weighted by Crippen LogP contribution is -2.35. The van der Waals surface area contributed by atoms with E-state index in [1.807, 2.05) is 0 Å². The van der Waals surface area contributed by atoms with Gasteiger partial charge in [-0.2, -0.15) is 0 Å². The smallest absolute Gasteiger partial charge is 0.161 e. The number of nitrogens with zero attached hydrogens (tertiary/aromatic N) is 3. The second-order valence-electron chi connectivity index (χ2n) is 6.19. The molecule has 6 nitrogen and oxygen atoms in total. The lowest BCUT2D eigenvalue weighted by Gasteiger charge is -2.26. The summed E-state index contributed by atoms with van der Waals surface area (Å²) in [5, 5.41) is 0. The lowest BCUT2D eigenvalue weighted by atomic mass is 10.1. The summed E-state index contributed by atoms with van der Waals surface area (Å²) in [5.41, 5.74) is 7.32. The van der Waals surface area contributed by atoms with Crippen LogP contribution in [-0.4, -0.2) is 41.2 Å². The quantitative estimate of drug-likeness (QED) is 0.554. The predicted octanol–water partition coefficient (Wildman–Crippen LogP) is 2.78. The minimum Gasteiger partial charge on any atom is -0.379 e. The van der Waals surface area contributed by atoms with Gasteiger partial charge in [-0.3, -0.25) is 4.90 Å². The van der Waals surface area contributed by atoms with Crippen LogP contribution in [0.25, 0.3) is 20.7 Å². The van der Waals surface area contributed by atoms with Crippen LogP contribution >= 0.6 is 11.3 Å². The van der Waals surface area contributed by atoms with E-state index in [-0.39, 0.29) is 0 Å². The minimum absolute atomic E-state index is 0.674. The molecular weight excluding hydrogens is 334 g/mol. The molecule has 4 rings (SSSR count). The number of fused-ring (bicyclic) bond motifs is 1. The molecule has 7 heteroatoms. The average molecular weight is 355 g/mol. The highest BCUT2D eigenvalue weighted by atomic mass is 32.1. The second-order valence-corrected chi connectivity index (χ2v) is 7.21. The van der Waals surface area contributed by atoms with Crippen molar-refractivity contribution in [1.29, 1.82) is 0 Å². The highest BCUT2D eigenvalue weighted by Crippen LogP contribution is 2.39. The van der Waals surface area contributed by atoms with Gasteiger partial charge in [0.1, 0.15) is 6.33 Å². The molecule has 0 aliphatic carbocycles. The molecule has 1 fully saturated rings. The summed E-state index contributed by atoms with van der Waals surface area (Å²) in [7, 11) is 0. The van der Waals surface area contributed by atoms with Gasteiger partial charge in [0.25, 0.3) is 0 Å². The van der Waals surface area contributed by atoms with Gasteiger partial charge in [-0.1, -0.05) is 24.3 Å². The van der Waals surface area contributed by atoms with Crippen molar-refractivity contribution in [2.75, 3.05) is 31.7 Å². The van der Waals surface area contributed by atoms with Crippen molar-refractivity contribution < 1.29 is 4.74 Å². The summed E-state index contributed by atoms with van der Waals surface area (Å²) < 4.78 is 6.41. The Morgan fingerprint density at radius 1 is 1.20 bits per heavy atom. The summed E-state index contributed by atoms with van der Waals surface area (Å²) in [6.45, 7) is 6.75. The van der Waals surface area contributed by atoms with Crippen LogP contribution in [0.5, 0.6) is 0 Å². The van der Waals surface area contributed by atoms with Crippen LogP contribution in [0.2, 0.25) is 0 Å². The Labute approximate surface area is 150 Å². The molecular formula is C18H21N5OS. The predicted molar refractivity (Wildman–Crippen MR) is 101 cm³/mol. The minimum atomic E-state index is 0.674. The first kappa shape index (κ1) is 16.4. The maximum Gasteiger partial charge on any atom is 0.161 e. The summed E-state index contributed by atoms with van der Waals surface area (Å²) in [6.07, 6.45) is 1.55. The van der Waals surface area contributed by atoms with Crippen molar-refractivity contribution in [2.45, 2.75) is 13.5 Å². The molecule has 0 saturated carbocycles. The van der Waals surface area contributed by atoms with Crippen molar-refractivity contribution in [3.8, 4) is 10.4 Å². The fourth-order valence-corrected chi connectivity index (χ4v) is 4.40. The SMILES string of the molecule is Cc1c(-c2ccc(CN3CCOCC3)cc2)sc2c(NN)ncnc12. The van der Waals surface area contributed by atoms with Gasteiger partial charge in [-0.05, 0) is 23.6 Å². The van der Waals surface area contributed by atoms with E-state index in [2.05, 4.69) is 51.5 Å². The standard InChI is InChI=1S/C18H21N5OS/c1-12-15-17(18(22-19)21-11-20-15)25-16(12)14-4-2-13(3-5-14)10-23-6-8-24-9-7-23/h2-5,11H,6-10,19H2,1H3,(H,20,21,22). The number of aryl methyl sites for hydroxylation is 1. The zero-order valence-corrected chi connectivity index (χ0v) is 15.0. The largest absolute Gasteiger partial charge is 0.379 e. The van der Waals surface area contributed by atoms with Crippen molar-refractivity contribution in [3.05, 3.63) is 41.7 Å². The van der Waals surface area contributed by atoms with Crippen LogP contribution in [0.3, 0.4) is 0 Å². The Hall–Kier alpha value is -2.06. The van der Waals surface area contributed by atoms with Gasteiger partial charge in [0.05, 0.1) is 23.4 Å². The topological polar surface area (TPSA) is 76.3 Å². The van der Waals surface area contributed by atoms with E-state index in [1.165, 1.54) is 21.6 Å². The zero-order valence-electron chi connectivity index (χ0n) is 14.2. The number of morpholine rings is 1. The van der Waals surface area contributed by atoms with Crippen molar-refractivity contribution in [2.24, 2.45) is 5.84 Å². The van der Waals surface area contributed by atoms with Gasteiger partial charge in [-0.15, -0.1) is 11.3 Å². The molecule has 0 atom stereocenters. The Morgan fingerprint density at radius 2 is 1.96 bits per heavy atom. The first-order valence-corrected chi connectivity index (χ1v) is 9.18. The number of thiophene rings is 1. The highest BCUT2D eigenvalue weighted by molar-refractivity contribution is 7.23. The Balaban J connectivity index is 1.61. The summed E-state index contributed by atoms with van der Waals surface area (Å²) in [4.78, 5) is 12.3. The van der Waals surface area contributed by atoms with E-state index in [4.69, 9.17) is 10.6 Å². The third-order valence-corrected chi connectivity index (χ3v) is 5.90. The normalized spacial score (nSPS) is 15.6. The maximum absolute atomic E-state index is 5.58. The first-order chi connectivity index (χ1) is 12.3. The molecule has 3 heterocycles. The molecule has 0 unspecified atom stereocenters. The van der Waals surface area contributed by atoms with Gasteiger partial charge >= 0.3 is 0 Å². The highest BCUT2D eigenvalue weighted by Gasteiger charge is 2.15. The molecule has 2 aromatic heterocycles. The van der Waals surface area contributed by atoms with Gasteiger partial charge in [0, 0.05) is 24.5 Å². The molecule has 1 aromatic carbocycles. The Bertz CT molecular complexity index is 871. The molecule has 0 bridgehead atoms. The van der Waals surface area contributed by atoms with Crippen molar-refractivity contribution in [3.63, 3.8) is 0 Å². The summed E-state index contributed by atoms with van der Waals surface area (Å²) in [5.74, 6) is 6.25. The molecule has 0 amide bonds. The molecule has 0 spiro atoms. The fourth-order valence-electron chi connectivity index (χ4n) is 3.18. The van der Waals surface area contributed by atoms with E-state index in [1.54, 1.807) is 17.7 Å². The van der Waals surface area contributed by atoms with Gasteiger partial charge < -0.3 is 10.2 Å². The number of anilines is 1. The van der Waals surface area contributed by atoms with Crippen LogP contribution in [0.4, 0.5) is 5.82 Å². The van der Waals surface area contributed by atoms with E-state index >= 15 is 0 Å². The number of nitrogens with one attached hydrogen (secondary N) is 1. The number of nitrogen functional groups attached to an aromatic ring is 1. The zero-order chi connectivity index (χ0) is 17.2. The van der Waals surface area contributed by atoms with Crippen LogP contribution in [0.1, 0.15) is 11.1 Å². The molecule has 1 aliphatic rings. The number of hydrazine groups is 1. The van der Waals surface area contributed by atoms with E-state index in [0.29, 0.717) is 5.82 Å². The number of hydrogen-bond acceptors (Lipinski definition) is 7. The van der Waals surface area contributed by atoms with E-state index in [9.17, 15) is 0 Å². The Kier molecular flexibility index (Phi) is 4.63. The van der Waals surface area contributed by atoms with Gasteiger partial charge in [0.15, 0.2) is 5.82 Å². The van der Waals surface area contributed by atoms with Crippen LogP contribution < -0.4 is 11.3 Å². The Morgan fingerprint density at radius 3 is 2.68 bits per heavy atom. The first-order valence-electron chi connectivity index (χ1n) is 8.36. The number of hydrogen-bond donors (Lipinski definition) is 2. The van der Waals surface area contributed by atoms with E-state index < -0.39 is 0 Å². The van der Waals surface area contributed by atoms with Crippen molar-refractivity contribution >= 4 is 27.4 Å². The number of benzene rings is 1. The second kappa shape index (κ2) is 7.05.